The van der Waals surface area contributed by atoms with Crippen LogP contribution in [0.3, 0.4) is 0 Å². The van der Waals surface area contributed by atoms with Crippen molar-refractivity contribution >= 4 is 34.1 Å². The summed E-state index contributed by atoms with van der Waals surface area (Å²) in [4.78, 5) is 29.1. The number of pyridine rings is 1. The summed E-state index contributed by atoms with van der Waals surface area (Å²) in [5.74, 6) is -2.36. The summed E-state index contributed by atoms with van der Waals surface area (Å²) in [6, 6.07) is 4.34. The molecule has 1 atom stereocenters. The lowest BCUT2D eigenvalue weighted by molar-refractivity contribution is 0.184. The van der Waals surface area contributed by atoms with E-state index in [-0.39, 0.29) is 21.7 Å². The lowest BCUT2D eigenvalue weighted by Crippen LogP contribution is -2.39. The zero-order valence-corrected chi connectivity index (χ0v) is 17.9. The topological polar surface area (TPSA) is 65.2 Å². The molecule has 0 saturated carbocycles. The fraction of sp³-hybridized carbons (Fsp3) is 0.273. The van der Waals surface area contributed by atoms with Gasteiger partial charge in [0.1, 0.15) is 17.5 Å². The molecule has 5 nitrogen and oxygen atoms in total. The van der Waals surface area contributed by atoms with Gasteiger partial charge in [-0.3, -0.25) is 4.79 Å². The number of anilines is 1. The van der Waals surface area contributed by atoms with E-state index >= 15 is 0 Å². The average Bonchev–Trinajstić information content (AvgIpc) is 2.68. The molecular formula is C22H21ClF3N3O2. The van der Waals surface area contributed by atoms with E-state index in [1.54, 1.807) is 6.92 Å². The fourth-order valence-electron chi connectivity index (χ4n) is 3.42. The molecule has 2 amide bonds. The molecule has 0 radical (unpaired) electrons. The highest BCUT2D eigenvalue weighted by atomic mass is 35.5. The van der Waals surface area contributed by atoms with Crippen LogP contribution in [0.4, 0.5) is 23.7 Å². The molecule has 0 aliphatic heterocycles. The van der Waals surface area contributed by atoms with Crippen LogP contribution >= 0.6 is 11.6 Å². The molecule has 0 fully saturated rings. The van der Waals surface area contributed by atoms with Crippen LogP contribution in [0.25, 0.3) is 10.8 Å². The number of aromatic amines is 1. The molecule has 31 heavy (non-hydrogen) atoms. The lowest BCUT2D eigenvalue weighted by Gasteiger charge is -2.31. The predicted octanol–water partition coefficient (Wildman–Crippen LogP) is 5.85. The predicted molar refractivity (Wildman–Crippen MR) is 115 cm³/mol. The van der Waals surface area contributed by atoms with Crippen molar-refractivity contribution in [3.8, 4) is 0 Å². The minimum atomic E-state index is -0.980. The van der Waals surface area contributed by atoms with Gasteiger partial charge in [-0.2, -0.15) is 0 Å². The molecule has 0 aliphatic carbocycles. The van der Waals surface area contributed by atoms with Crippen molar-refractivity contribution in [3.05, 3.63) is 74.9 Å². The first kappa shape index (κ1) is 22.7. The van der Waals surface area contributed by atoms with Crippen LogP contribution in [-0.4, -0.2) is 22.5 Å². The monoisotopic (exact) mass is 451 g/mol. The summed E-state index contributed by atoms with van der Waals surface area (Å²) in [7, 11) is 0. The molecule has 0 saturated heterocycles. The normalized spacial score (nSPS) is 12.3. The van der Waals surface area contributed by atoms with Crippen LogP contribution in [0.1, 0.15) is 32.4 Å². The summed E-state index contributed by atoms with van der Waals surface area (Å²) in [6.07, 6.45) is 1.35. The summed E-state index contributed by atoms with van der Waals surface area (Å²) >= 11 is 5.78. The maximum absolute atomic E-state index is 14.3. The van der Waals surface area contributed by atoms with Gasteiger partial charge in [-0.25, -0.2) is 18.0 Å². The van der Waals surface area contributed by atoms with Crippen LogP contribution in [0, 0.1) is 23.4 Å². The van der Waals surface area contributed by atoms with Gasteiger partial charge in [-0.1, -0.05) is 25.4 Å². The first-order valence-corrected chi connectivity index (χ1v) is 9.99. The number of fused-ring (bicyclic) bond motifs is 1. The van der Waals surface area contributed by atoms with E-state index in [9.17, 15) is 22.8 Å². The van der Waals surface area contributed by atoms with E-state index in [0.29, 0.717) is 23.9 Å². The Kier molecular flexibility index (Phi) is 6.59. The zero-order valence-electron chi connectivity index (χ0n) is 17.1. The number of H-pyrrole nitrogens is 1. The van der Waals surface area contributed by atoms with Gasteiger partial charge in [0.25, 0.3) is 5.56 Å². The van der Waals surface area contributed by atoms with Gasteiger partial charge in [0.05, 0.1) is 16.5 Å². The summed E-state index contributed by atoms with van der Waals surface area (Å²) in [5.41, 5.74) is -0.0222. The van der Waals surface area contributed by atoms with Crippen molar-refractivity contribution in [3.63, 3.8) is 0 Å². The molecule has 1 aromatic heterocycles. The van der Waals surface area contributed by atoms with Crippen molar-refractivity contribution in [2.75, 3.05) is 11.9 Å². The maximum Gasteiger partial charge on any atom is 0.322 e. The van der Waals surface area contributed by atoms with Gasteiger partial charge in [-0.15, -0.1) is 0 Å². The highest BCUT2D eigenvalue weighted by molar-refractivity contribution is 6.31. The third kappa shape index (κ3) is 4.85. The molecule has 0 spiro atoms. The largest absolute Gasteiger partial charge is 0.328 e. The summed E-state index contributed by atoms with van der Waals surface area (Å²) in [5, 5.41) is 2.33. The Morgan fingerprint density at radius 2 is 1.84 bits per heavy atom. The molecule has 9 heteroatoms. The number of benzene rings is 2. The number of hydrogen-bond acceptors (Lipinski definition) is 2. The number of urea groups is 1. The van der Waals surface area contributed by atoms with Gasteiger partial charge < -0.3 is 15.2 Å². The number of rotatable bonds is 5. The molecule has 0 bridgehead atoms. The first-order valence-electron chi connectivity index (χ1n) is 9.61. The number of hydrogen-bond donors (Lipinski definition) is 2. The van der Waals surface area contributed by atoms with Gasteiger partial charge in [-0.05, 0) is 48.1 Å². The van der Waals surface area contributed by atoms with Crippen LogP contribution in [0.5, 0.6) is 0 Å². The molecular weight excluding hydrogens is 431 g/mol. The number of nitrogens with one attached hydrogen (secondary N) is 2. The Labute approximate surface area is 181 Å². The first-order chi connectivity index (χ1) is 14.6. The molecule has 3 aromatic rings. The van der Waals surface area contributed by atoms with E-state index in [4.69, 9.17) is 11.6 Å². The highest BCUT2D eigenvalue weighted by Gasteiger charge is 2.25. The Hall–Kier alpha value is -3.00. The number of halogens is 4. The Balaban J connectivity index is 2.03. The van der Waals surface area contributed by atoms with Crippen molar-refractivity contribution < 1.29 is 18.0 Å². The van der Waals surface area contributed by atoms with Crippen molar-refractivity contribution in [1.29, 1.82) is 0 Å². The van der Waals surface area contributed by atoms with Crippen LogP contribution < -0.4 is 10.9 Å². The standard InChI is InChI=1S/C22H21ClF3N3O2/c1-11(2)10-29(22(31)28-14-4-5-18(25)17(23)8-14)12(3)16-9-27-21(30)20-15(16)6-13(24)7-19(20)26/h4-9,11-12H,10H2,1-3H3,(H,27,30)(H,28,31). The third-order valence-electron chi connectivity index (χ3n) is 4.86. The maximum atomic E-state index is 14.3. The number of carbonyl (C=O) groups excluding carboxylic acids is 1. The zero-order chi connectivity index (χ0) is 22.9. The highest BCUT2D eigenvalue weighted by Crippen LogP contribution is 2.29. The summed E-state index contributed by atoms with van der Waals surface area (Å²) < 4.78 is 41.6. The van der Waals surface area contributed by atoms with Gasteiger partial charge in [0.15, 0.2) is 0 Å². The summed E-state index contributed by atoms with van der Waals surface area (Å²) in [6.45, 7) is 5.81. The smallest absolute Gasteiger partial charge is 0.322 e. The third-order valence-corrected chi connectivity index (χ3v) is 5.15. The molecule has 2 N–H and O–H groups in total. The van der Waals surface area contributed by atoms with E-state index in [0.717, 1.165) is 12.1 Å². The van der Waals surface area contributed by atoms with E-state index in [1.165, 1.54) is 23.2 Å². The van der Waals surface area contributed by atoms with E-state index in [2.05, 4.69) is 10.3 Å². The molecule has 0 aliphatic rings. The second kappa shape index (κ2) is 9.01. The van der Waals surface area contributed by atoms with Crippen molar-refractivity contribution in [2.24, 2.45) is 5.92 Å². The van der Waals surface area contributed by atoms with Gasteiger partial charge in [0.2, 0.25) is 0 Å². The van der Waals surface area contributed by atoms with Crippen LogP contribution in [-0.2, 0) is 0 Å². The average molecular weight is 452 g/mol. The molecule has 1 heterocycles. The Morgan fingerprint density at radius 3 is 2.48 bits per heavy atom. The minimum Gasteiger partial charge on any atom is -0.328 e. The Bertz CT molecular complexity index is 1200. The Morgan fingerprint density at radius 1 is 1.13 bits per heavy atom. The second-order valence-electron chi connectivity index (χ2n) is 7.66. The molecule has 164 valence electrons. The van der Waals surface area contributed by atoms with Gasteiger partial charge >= 0.3 is 6.03 Å². The fourth-order valence-corrected chi connectivity index (χ4v) is 3.60. The quantitative estimate of drug-likeness (QED) is 0.511. The van der Waals surface area contributed by atoms with E-state index < -0.39 is 35.1 Å². The number of carbonyl (C=O) groups is 1. The number of aromatic nitrogens is 1. The number of amides is 2. The minimum absolute atomic E-state index is 0.0625. The SMILES string of the molecule is CC(C)CN(C(=O)Nc1ccc(F)c(Cl)c1)C(C)c1c[nH]c(=O)c2c(F)cc(F)cc12. The molecule has 1 unspecified atom stereocenters. The van der Waals surface area contributed by atoms with Crippen LogP contribution in [0.2, 0.25) is 5.02 Å². The van der Waals surface area contributed by atoms with Crippen molar-refractivity contribution in [1.82, 2.24) is 9.88 Å². The number of nitrogens with zero attached hydrogens (tertiary/aromatic N) is 1. The molecule has 2 aromatic carbocycles. The molecule has 3 rings (SSSR count). The van der Waals surface area contributed by atoms with Gasteiger partial charge in [0, 0.05) is 24.5 Å². The van der Waals surface area contributed by atoms with Crippen molar-refractivity contribution in [2.45, 2.75) is 26.8 Å². The van der Waals surface area contributed by atoms with E-state index in [1.807, 2.05) is 13.8 Å². The lowest BCUT2D eigenvalue weighted by atomic mass is 10.00. The second-order valence-corrected chi connectivity index (χ2v) is 8.07. The van der Waals surface area contributed by atoms with Crippen LogP contribution in [0.15, 0.2) is 41.3 Å².